The number of carbonyl (C=O) groups is 3. The second kappa shape index (κ2) is 6.49. The average Bonchev–Trinajstić information content (AvgIpc) is 2.87. The molecule has 1 heterocycles. The third-order valence-electron chi connectivity index (χ3n) is 3.54. The van der Waals surface area contributed by atoms with Gasteiger partial charge in [-0.05, 0) is 32.0 Å². The first-order valence-electron chi connectivity index (χ1n) is 6.81. The quantitative estimate of drug-likeness (QED) is 0.797. The van der Waals surface area contributed by atoms with Gasteiger partial charge < -0.3 is 10.4 Å². The molecular formula is C15H18N2O4. The molecule has 1 amide bonds. The maximum Gasteiger partial charge on any atom is 0.307 e. The van der Waals surface area contributed by atoms with E-state index in [0.717, 1.165) is 0 Å². The summed E-state index contributed by atoms with van der Waals surface area (Å²) in [5.41, 5.74) is 1.11. The Morgan fingerprint density at radius 3 is 2.76 bits per heavy atom. The molecule has 0 aliphatic carbocycles. The van der Waals surface area contributed by atoms with Crippen LogP contribution in [0.25, 0.3) is 0 Å². The molecule has 0 spiro atoms. The van der Waals surface area contributed by atoms with E-state index >= 15 is 0 Å². The molecule has 112 valence electrons. The van der Waals surface area contributed by atoms with E-state index in [1.54, 1.807) is 24.3 Å². The van der Waals surface area contributed by atoms with Crippen LogP contribution in [0.15, 0.2) is 24.3 Å². The summed E-state index contributed by atoms with van der Waals surface area (Å²) in [4.78, 5) is 35.9. The molecule has 6 heteroatoms. The number of hydrogen-bond acceptors (Lipinski definition) is 4. The summed E-state index contributed by atoms with van der Waals surface area (Å²) < 4.78 is 0. The number of anilines is 1. The summed E-state index contributed by atoms with van der Waals surface area (Å²) in [5, 5.41) is 11.7. The second-order valence-corrected chi connectivity index (χ2v) is 5.24. The van der Waals surface area contributed by atoms with E-state index in [0.29, 0.717) is 30.8 Å². The molecule has 1 aliphatic heterocycles. The number of aliphatic carboxylic acids is 1. The van der Waals surface area contributed by atoms with Gasteiger partial charge in [-0.25, -0.2) is 0 Å². The molecule has 1 atom stereocenters. The van der Waals surface area contributed by atoms with Crippen molar-refractivity contribution in [3.63, 3.8) is 0 Å². The van der Waals surface area contributed by atoms with Gasteiger partial charge in [0.2, 0.25) is 5.91 Å². The van der Waals surface area contributed by atoms with E-state index in [9.17, 15) is 14.4 Å². The van der Waals surface area contributed by atoms with Crippen molar-refractivity contribution in [2.45, 2.75) is 13.3 Å². The number of Topliss-reactive ketones (excluding diaryl/α,β-unsaturated/α-hetero) is 1. The number of amides is 1. The Hall–Kier alpha value is -2.21. The van der Waals surface area contributed by atoms with Gasteiger partial charge in [-0.15, -0.1) is 0 Å². The molecule has 2 rings (SSSR count). The van der Waals surface area contributed by atoms with Crippen molar-refractivity contribution in [3.8, 4) is 0 Å². The number of rotatable bonds is 5. The van der Waals surface area contributed by atoms with Crippen LogP contribution in [0.2, 0.25) is 0 Å². The number of likely N-dealkylation sites (tertiary alicyclic amines) is 1. The Kier molecular flexibility index (Phi) is 4.70. The SMILES string of the molecule is CC(=O)c1cccc(NC(=O)CN2CCC(C(=O)O)C2)c1. The highest BCUT2D eigenvalue weighted by Crippen LogP contribution is 2.16. The van der Waals surface area contributed by atoms with Crippen LogP contribution >= 0.6 is 0 Å². The van der Waals surface area contributed by atoms with Gasteiger partial charge in [0.25, 0.3) is 0 Å². The first kappa shape index (κ1) is 15.2. The minimum absolute atomic E-state index is 0.0602. The van der Waals surface area contributed by atoms with E-state index < -0.39 is 5.97 Å². The van der Waals surface area contributed by atoms with Gasteiger partial charge in [0, 0.05) is 17.8 Å². The zero-order valence-electron chi connectivity index (χ0n) is 11.8. The molecule has 0 saturated carbocycles. The monoisotopic (exact) mass is 290 g/mol. The third-order valence-corrected chi connectivity index (χ3v) is 3.54. The first-order valence-corrected chi connectivity index (χ1v) is 6.81. The number of carboxylic acids is 1. The first-order chi connectivity index (χ1) is 9.95. The predicted molar refractivity (Wildman–Crippen MR) is 77.3 cm³/mol. The minimum atomic E-state index is -0.813. The Labute approximate surface area is 122 Å². The maximum absolute atomic E-state index is 11.9. The lowest BCUT2D eigenvalue weighted by molar-refractivity contribution is -0.141. The van der Waals surface area contributed by atoms with Crippen molar-refractivity contribution in [1.82, 2.24) is 4.90 Å². The zero-order valence-corrected chi connectivity index (χ0v) is 11.8. The molecule has 0 bridgehead atoms. The summed E-state index contributed by atoms with van der Waals surface area (Å²) in [7, 11) is 0. The lowest BCUT2D eigenvalue weighted by atomic mass is 10.1. The average molecular weight is 290 g/mol. The fraction of sp³-hybridized carbons (Fsp3) is 0.400. The van der Waals surface area contributed by atoms with E-state index in [2.05, 4.69) is 5.32 Å². The van der Waals surface area contributed by atoms with Crippen molar-refractivity contribution < 1.29 is 19.5 Å². The van der Waals surface area contributed by atoms with E-state index in [1.165, 1.54) is 6.92 Å². The Morgan fingerprint density at radius 2 is 2.14 bits per heavy atom. The van der Waals surface area contributed by atoms with Crippen LogP contribution in [0.1, 0.15) is 23.7 Å². The summed E-state index contributed by atoms with van der Waals surface area (Å²) >= 11 is 0. The van der Waals surface area contributed by atoms with Crippen LogP contribution in [0, 0.1) is 5.92 Å². The molecule has 1 aromatic carbocycles. The number of carbonyl (C=O) groups excluding carboxylic acids is 2. The van der Waals surface area contributed by atoms with Gasteiger partial charge in [0.05, 0.1) is 12.5 Å². The number of nitrogens with zero attached hydrogens (tertiary/aromatic N) is 1. The molecule has 1 saturated heterocycles. The molecule has 1 aromatic rings. The highest BCUT2D eigenvalue weighted by Gasteiger charge is 2.28. The Bertz CT molecular complexity index is 571. The van der Waals surface area contributed by atoms with Crippen molar-refractivity contribution in [2.24, 2.45) is 5.92 Å². The largest absolute Gasteiger partial charge is 0.481 e. The summed E-state index contributed by atoms with van der Waals surface area (Å²) in [6, 6.07) is 6.75. The van der Waals surface area contributed by atoms with Crippen LogP contribution in [-0.2, 0) is 9.59 Å². The van der Waals surface area contributed by atoms with Crippen molar-refractivity contribution >= 4 is 23.3 Å². The van der Waals surface area contributed by atoms with Crippen LogP contribution in [0.3, 0.4) is 0 Å². The lowest BCUT2D eigenvalue weighted by Gasteiger charge is -2.15. The van der Waals surface area contributed by atoms with Crippen LogP contribution in [-0.4, -0.2) is 47.3 Å². The second-order valence-electron chi connectivity index (χ2n) is 5.24. The topological polar surface area (TPSA) is 86.7 Å². The fourth-order valence-electron chi connectivity index (χ4n) is 2.40. The van der Waals surface area contributed by atoms with Crippen LogP contribution in [0.4, 0.5) is 5.69 Å². The number of ketones is 1. The number of benzene rings is 1. The molecule has 0 aromatic heterocycles. The van der Waals surface area contributed by atoms with Gasteiger partial charge in [-0.3, -0.25) is 19.3 Å². The molecule has 6 nitrogen and oxygen atoms in total. The highest BCUT2D eigenvalue weighted by atomic mass is 16.4. The van der Waals surface area contributed by atoms with Gasteiger partial charge in [-0.2, -0.15) is 0 Å². The maximum atomic E-state index is 11.9. The number of carboxylic acid groups (broad SMARTS) is 1. The third kappa shape index (κ3) is 4.13. The van der Waals surface area contributed by atoms with E-state index in [1.807, 2.05) is 4.90 Å². The highest BCUT2D eigenvalue weighted by molar-refractivity contribution is 5.97. The number of hydrogen-bond donors (Lipinski definition) is 2. The summed E-state index contributed by atoms with van der Waals surface area (Å²) in [6.45, 7) is 2.64. The van der Waals surface area contributed by atoms with E-state index in [-0.39, 0.29) is 24.2 Å². The van der Waals surface area contributed by atoms with Gasteiger partial charge in [0.1, 0.15) is 0 Å². The predicted octanol–water partition coefficient (Wildman–Crippen LogP) is 1.23. The van der Waals surface area contributed by atoms with Crippen molar-refractivity contribution in [3.05, 3.63) is 29.8 Å². The molecule has 1 unspecified atom stereocenters. The van der Waals surface area contributed by atoms with Gasteiger partial charge in [-0.1, -0.05) is 12.1 Å². The lowest BCUT2D eigenvalue weighted by Crippen LogP contribution is -2.32. The molecule has 1 aliphatic rings. The van der Waals surface area contributed by atoms with Crippen molar-refractivity contribution in [2.75, 3.05) is 25.0 Å². The van der Waals surface area contributed by atoms with Crippen LogP contribution in [0.5, 0.6) is 0 Å². The zero-order chi connectivity index (χ0) is 15.4. The molecule has 2 N–H and O–H groups in total. The molecule has 21 heavy (non-hydrogen) atoms. The standard InChI is InChI=1S/C15H18N2O4/c1-10(18)11-3-2-4-13(7-11)16-14(19)9-17-6-5-12(8-17)15(20)21/h2-4,7,12H,5-6,8-9H2,1H3,(H,16,19)(H,20,21). The number of nitrogens with one attached hydrogen (secondary N) is 1. The van der Waals surface area contributed by atoms with Crippen LogP contribution < -0.4 is 5.32 Å². The summed E-state index contributed by atoms with van der Waals surface area (Å²) in [6.07, 6.45) is 0.572. The molecular weight excluding hydrogens is 272 g/mol. The van der Waals surface area contributed by atoms with Crippen molar-refractivity contribution in [1.29, 1.82) is 0 Å². The van der Waals surface area contributed by atoms with Gasteiger partial charge >= 0.3 is 5.97 Å². The van der Waals surface area contributed by atoms with Gasteiger partial charge in [0.15, 0.2) is 5.78 Å². The normalized spacial score (nSPS) is 18.4. The van der Waals surface area contributed by atoms with E-state index in [4.69, 9.17) is 5.11 Å². The smallest absolute Gasteiger partial charge is 0.307 e. The summed E-state index contributed by atoms with van der Waals surface area (Å²) in [5.74, 6) is -1.47. The molecule has 1 fully saturated rings. The molecule has 0 radical (unpaired) electrons. The fourth-order valence-corrected chi connectivity index (χ4v) is 2.40. The minimum Gasteiger partial charge on any atom is -0.481 e. The Balaban J connectivity index is 1.89. The Morgan fingerprint density at radius 1 is 1.38 bits per heavy atom.